The first kappa shape index (κ1) is 17.7. The van der Waals surface area contributed by atoms with Crippen molar-refractivity contribution < 1.29 is 14.3 Å². The highest BCUT2D eigenvalue weighted by Gasteiger charge is 2.18. The molecule has 118 valence electrons. The summed E-state index contributed by atoms with van der Waals surface area (Å²) in [5.74, 6) is 2.12. The molecule has 1 amide bonds. The summed E-state index contributed by atoms with van der Waals surface area (Å²) >= 11 is 1.68. The monoisotopic (exact) mass is 312 g/mol. The van der Waals surface area contributed by atoms with E-state index in [0.29, 0.717) is 17.9 Å². The summed E-state index contributed by atoms with van der Waals surface area (Å²) in [4.78, 5) is 12.0. The Morgan fingerprint density at radius 1 is 1.38 bits per heavy atom. The Kier molecular flexibility index (Phi) is 7.39. The van der Waals surface area contributed by atoms with Gasteiger partial charge in [-0.05, 0) is 37.5 Å². The van der Waals surface area contributed by atoms with Crippen LogP contribution in [0, 0.1) is 0 Å². The van der Waals surface area contributed by atoms with Gasteiger partial charge in [0.2, 0.25) is 5.91 Å². The van der Waals surface area contributed by atoms with E-state index in [4.69, 9.17) is 15.2 Å². The number of ether oxygens (including phenoxy) is 2. The van der Waals surface area contributed by atoms with Gasteiger partial charge in [-0.25, -0.2) is 0 Å². The van der Waals surface area contributed by atoms with Gasteiger partial charge in [-0.2, -0.15) is 11.8 Å². The average molecular weight is 312 g/mol. The number of benzene rings is 1. The van der Waals surface area contributed by atoms with E-state index in [-0.39, 0.29) is 11.9 Å². The summed E-state index contributed by atoms with van der Waals surface area (Å²) in [5, 5.41) is 2.92. The fourth-order valence-corrected chi connectivity index (χ4v) is 2.44. The third kappa shape index (κ3) is 5.13. The molecule has 5 nitrogen and oxygen atoms in total. The van der Waals surface area contributed by atoms with E-state index in [2.05, 4.69) is 5.32 Å². The van der Waals surface area contributed by atoms with Crippen molar-refractivity contribution in [2.24, 2.45) is 5.73 Å². The van der Waals surface area contributed by atoms with Crippen LogP contribution in [0.15, 0.2) is 18.2 Å². The van der Waals surface area contributed by atoms with E-state index >= 15 is 0 Å². The van der Waals surface area contributed by atoms with Gasteiger partial charge >= 0.3 is 0 Å². The Morgan fingerprint density at radius 2 is 2.10 bits per heavy atom. The van der Waals surface area contributed by atoms with E-state index in [9.17, 15) is 4.79 Å². The number of thioether (sulfide) groups is 1. The van der Waals surface area contributed by atoms with Crippen LogP contribution in [0.5, 0.6) is 11.5 Å². The molecular formula is C15H24N2O3S. The van der Waals surface area contributed by atoms with Crippen LogP contribution in [-0.2, 0) is 4.79 Å². The molecule has 0 saturated heterocycles. The van der Waals surface area contributed by atoms with Crippen LogP contribution < -0.4 is 20.5 Å². The molecule has 0 aliphatic carbocycles. The maximum absolute atomic E-state index is 12.0. The van der Waals surface area contributed by atoms with Gasteiger partial charge in [0.25, 0.3) is 0 Å². The van der Waals surface area contributed by atoms with E-state index in [1.54, 1.807) is 32.0 Å². The molecule has 6 heteroatoms. The molecule has 3 N–H and O–H groups in total. The number of nitrogens with two attached hydrogens (primary N) is 1. The molecule has 2 atom stereocenters. The number of rotatable bonds is 8. The van der Waals surface area contributed by atoms with Crippen LogP contribution in [0.1, 0.15) is 24.9 Å². The molecule has 0 bridgehead atoms. The smallest absolute Gasteiger partial charge is 0.237 e. The van der Waals surface area contributed by atoms with E-state index < -0.39 is 6.04 Å². The highest BCUT2D eigenvalue weighted by molar-refractivity contribution is 7.98. The fraction of sp³-hybridized carbons (Fsp3) is 0.533. The van der Waals surface area contributed by atoms with E-state index in [1.165, 1.54) is 0 Å². The molecule has 0 fully saturated rings. The van der Waals surface area contributed by atoms with Gasteiger partial charge in [-0.1, -0.05) is 0 Å². The zero-order chi connectivity index (χ0) is 15.8. The molecule has 0 aromatic heterocycles. The summed E-state index contributed by atoms with van der Waals surface area (Å²) in [5.41, 5.74) is 6.76. The predicted molar refractivity (Wildman–Crippen MR) is 87.1 cm³/mol. The second-order valence-electron chi connectivity index (χ2n) is 4.73. The Balaban J connectivity index is 2.74. The van der Waals surface area contributed by atoms with Gasteiger partial charge < -0.3 is 20.5 Å². The topological polar surface area (TPSA) is 73.6 Å². The van der Waals surface area contributed by atoms with Crippen molar-refractivity contribution in [3.05, 3.63) is 23.8 Å². The third-order valence-electron chi connectivity index (χ3n) is 3.24. The van der Waals surface area contributed by atoms with Crippen LogP contribution in [-0.4, -0.2) is 38.2 Å². The highest BCUT2D eigenvalue weighted by Crippen LogP contribution is 2.29. The Labute approximate surface area is 130 Å². The minimum Gasteiger partial charge on any atom is -0.497 e. The Morgan fingerprint density at radius 3 is 2.67 bits per heavy atom. The number of hydrogen-bond donors (Lipinski definition) is 2. The molecule has 0 heterocycles. The molecule has 21 heavy (non-hydrogen) atoms. The molecule has 1 rings (SSSR count). The molecule has 0 saturated carbocycles. The maximum atomic E-state index is 12.0. The van der Waals surface area contributed by atoms with Crippen molar-refractivity contribution in [1.29, 1.82) is 0 Å². The second kappa shape index (κ2) is 8.79. The molecule has 0 aliphatic rings. The maximum Gasteiger partial charge on any atom is 0.237 e. The average Bonchev–Trinajstić information content (AvgIpc) is 2.51. The Hall–Kier alpha value is -1.40. The minimum atomic E-state index is -0.482. The largest absolute Gasteiger partial charge is 0.497 e. The summed E-state index contributed by atoms with van der Waals surface area (Å²) in [6, 6.07) is 4.86. The van der Waals surface area contributed by atoms with Crippen LogP contribution in [0.25, 0.3) is 0 Å². The SMILES string of the molecule is COc1ccc(C(C)NC(=O)[C@@H](N)CCSC)c(OC)c1. The van der Waals surface area contributed by atoms with E-state index in [0.717, 1.165) is 11.3 Å². The Bertz CT molecular complexity index is 468. The first-order valence-corrected chi connectivity index (χ1v) is 8.19. The van der Waals surface area contributed by atoms with Gasteiger partial charge in [0.1, 0.15) is 11.5 Å². The lowest BCUT2D eigenvalue weighted by Gasteiger charge is -2.20. The minimum absolute atomic E-state index is 0.144. The number of methoxy groups -OCH3 is 2. The summed E-state index contributed by atoms with van der Waals surface area (Å²) in [7, 11) is 3.20. The van der Waals surface area contributed by atoms with Crippen molar-refractivity contribution in [2.45, 2.75) is 25.4 Å². The normalized spacial score (nSPS) is 13.4. The standard InChI is InChI=1S/C15H24N2O3S/c1-10(17-15(18)13(16)7-8-21-4)12-6-5-11(19-2)9-14(12)20-3/h5-6,9-10,13H,7-8,16H2,1-4H3,(H,17,18)/t10?,13-/m0/s1. The van der Waals surface area contributed by atoms with Gasteiger partial charge in [0.15, 0.2) is 0 Å². The fourth-order valence-electron chi connectivity index (χ4n) is 1.95. The van der Waals surface area contributed by atoms with Gasteiger partial charge in [0, 0.05) is 11.6 Å². The number of hydrogen-bond acceptors (Lipinski definition) is 5. The molecule has 0 spiro atoms. The number of amides is 1. The van der Waals surface area contributed by atoms with Crippen LogP contribution in [0.2, 0.25) is 0 Å². The molecular weight excluding hydrogens is 288 g/mol. The molecule has 0 radical (unpaired) electrons. The lowest BCUT2D eigenvalue weighted by atomic mass is 10.1. The number of carbonyl (C=O) groups is 1. The third-order valence-corrected chi connectivity index (χ3v) is 3.88. The number of nitrogens with one attached hydrogen (secondary N) is 1. The van der Waals surface area contributed by atoms with Gasteiger partial charge in [-0.15, -0.1) is 0 Å². The quantitative estimate of drug-likeness (QED) is 0.767. The summed E-state index contributed by atoms with van der Waals surface area (Å²) in [6.45, 7) is 1.91. The summed E-state index contributed by atoms with van der Waals surface area (Å²) in [6.07, 6.45) is 2.66. The van der Waals surface area contributed by atoms with Crippen LogP contribution in [0.3, 0.4) is 0 Å². The van der Waals surface area contributed by atoms with Crippen LogP contribution >= 0.6 is 11.8 Å². The van der Waals surface area contributed by atoms with Crippen molar-refractivity contribution >= 4 is 17.7 Å². The lowest BCUT2D eigenvalue weighted by Crippen LogP contribution is -2.42. The van der Waals surface area contributed by atoms with Crippen LogP contribution in [0.4, 0.5) is 0 Å². The van der Waals surface area contributed by atoms with Crippen molar-refractivity contribution in [1.82, 2.24) is 5.32 Å². The van der Waals surface area contributed by atoms with Crippen molar-refractivity contribution in [2.75, 3.05) is 26.2 Å². The van der Waals surface area contributed by atoms with Gasteiger partial charge in [0.05, 0.1) is 26.3 Å². The molecule has 0 aliphatic heterocycles. The first-order valence-electron chi connectivity index (χ1n) is 6.80. The second-order valence-corrected chi connectivity index (χ2v) is 5.71. The summed E-state index contributed by atoms with van der Waals surface area (Å²) < 4.78 is 10.5. The zero-order valence-electron chi connectivity index (χ0n) is 13.0. The van der Waals surface area contributed by atoms with Crippen molar-refractivity contribution in [3.63, 3.8) is 0 Å². The van der Waals surface area contributed by atoms with Crippen molar-refractivity contribution in [3.8, 4) is 11.5 Å². The molecule has 1 aromatic carbocycles. The molecule has 1 unspecified atom stereocenters. The lowest BCUT2D eigenvalue weighted by molar-refractivity contribution is -0.123. The highest BCUT2D eigenvalue weighted by atomic mass is 32.2. The predicted octanol–water partition coefficient (Wildman–Crippen LogP) is 1.96. The van der Waals surface area contributed by atoms with Gasteiger partial charge in [-0.3, -0.25) is 4.79 Å². The molecule has 1 aromatic rings. The number of carbonyl (C=O) groups excluding carboxylic acids is 1. The first-order chi connectivity index (χ1) is 10.0. The van der Waals surface area contributed by atoms with E-state index in [1.807, 2.05) is 25.3 Å². The zero-order valence-corrected chi connectivity index (χ0v) is 13.8.